The summed E-state index contributed by atoms with van der Waals surface area (Å²) in [5.41, 5.74) is 0.467. The van der Waals surface area contributed by atoms with E-state index in [1.807, 2.05) is 10.3 Å². The molecule has 2 aliphatic rings. The van der Waals surface area contributed by atoms with Gasteiger partial charge in [0.05, 0.1) is 12.1 Å². The maximum Gasteiger partial charge on any atom is 0.436 e. The number of hydrogen-bond donors (Lipinski definition) is 1. The number of fused-ring (bicyclic) bond motifs is 1. The Hall–Kier alpha value is -1.85. The van der Waals surface area contributed by atoms with Gasteiger partial charge in [0.15, 0.2) is 16.5 Å². The third-order valence-electron chi connectivity index (χ3n) is 4.39. The van der Waals surface area contributed by atoms with Crippen LogP contribution in [0.5, 0.6) is 0 Å². The lowest BCUT2D eigenvalue weighted by Crippen LogP contribution is -2.35. The molecule has 4 rings (SSSR count). The maximum atomic E-state index is 12.9. The van der Waals surface area contributed by atoms with Gasteiger partial charge in [0, 0.05) is 42.0 Å². The number of alkyl halides is 3. The van der Waals surface area contributed by atoms with Crippen molar-refractivity contribution in [2.24, 2.45) is 4.99 Å². The third-order valence-corrected chi connectivity index (χ3v) is 6.27. The van der Waals surface area contributed by atoms with Crippen LogP contribution in [0, 0.1) is 0 Å². The second kappa shape index (κ2) is 7.88. The number of aliphatic imine (C=N–C) groups is 1. The molecule has 1 N–H and O–H groups in total. The molecule has 0 aliphatic carbocycles. The monoisotopic (exact) mass is 429 g/mol. The van der Waals surface area contributed by atoms with Crippen LogP contribution in [-0.2, 0) is 6.18 Å². The van der Waals surface area contributed by atoms with Crippen molar-refractivity contribution in [1.29, 1.82) is 0 Å². The van der Waals surface area contributed by atoms with E-state index in [-0.39, 0.29) is 18.5 Å². The van der Waals surface area contributed by atoms with Gasteiger partial charge in [-0.25, -0.2) is 9.97 Å². The Morgan fingerprint density at radius 2 is 2.29 bits per heavy atom. The lowest BCUT2D eigenvalue weighted by atomic mass is 10.1. The van der Waals surface area contributed by atoms with Crippen LogP contribution in [-0.4, -0.2) is 45.6 Å². The Labute approximate surface area is 168 Å². The summed E-state index contributed by atoms with van der Waals surface area (Å²) in [5, 5.41) is 2.67. The average Bonchev–Trinajstić information content (AvgIpc) is 3.40. The Kier molecular flexibility index (Phi) is 5.48. The fourth-order valence-corrected chi connectivity index (χ4v) is 4.55. The standard InChI is InChI=1S/C17H18F3N5OS2/c1-2-4-28-24-10-6-12-11(15-23-13(9-26-15)17(18,19)20)7-22-14(25(12)8-10)16-21-3-5-27-16/h3,5,9-10,24H,2,4,6-8H2,1H3. The lowest BCUT2D eigenvalue weighted by Gasteiger charge is -2.26. The van der Waals surface area contributed by atoms with Gasteiger partial charge in [0.25, 0.3) is 0 Å². The van der Waals surface area contributed by atoms with Crippen LogP contribution >= 0.6 is 23.3 Å². The minimum absolute atomic E-state index is 0.0175. The number of nitrogens with zero attached hydrogens (tertiary/aromatic N) is 4. The van der Waals surface area contributed by atoms with Gasteiger partial charge < -0.3 is 9.32 Å². The van der Waals surface area contributed by atoms with Gasteiger partial charge in [0.2, 0.25) is 5.89 Å². The minimum atomic E-state index is -4.53. The largest absolute Gasteiger partial charge is 0.444 e. The van der Waals surface area contributed by atoms with E-state index in [9.17, 15) is 13.2 Å². The zero-order valence-electron chi connectivity index (χ0n) is 15.0. The van der Waals surface area contributed by atoms with E-state index < -0.39 is 11.9 Å². The van der Waals surface area contributed by atoms with Crippen LogP contribution in [0.4, 0.5) is 13.2 Å². The molecule has 0 aromatic carbocycles. The molecule has 150 valence electrons. The molecule has 0 bridgehead atoms. The zero-order chi connectivity index (χ0) is 19.7. The van der Waals surface area contributed by atoms with Gasteiger partial charge >= 0.3 is 6.18 Å². The first-order chi connectivity index (χ1) is 13.5. The first-order valence-corrected chi connectivity index (χ1v) is 10.7. The number of aromatic nitrogens is 2. The van der Waals surface area contributed by atoms with Crippen LogP contribution in [0.1, 0.15) is 36.4 Å². The Morgan fingerprint density at radius 1 is 1.43 bits per heavy atom. The van der Waals surface area contributed by atoms with E-state index in [0.717, 1.165) is 28.7 Å². The van der Waals surface area contributed by atoms with Crippen LogP contribution in [0.3, 0.4) is 0 Å². The van der Waals surface area contributed by atoms with Crippen LogP contribution in [0.15, 0.2) is 32.9 Å². The minimum Gasteiger partial charge on any atom is -0.444 e. The number of halogens is 3. The quantitative estimate of drug-likeness (QED) is 0.552. The third kappa shape index (κ3) is 3.83. The molecule has 2 aromatic heterocycles. The maximum absolute atomic E-state index is 12.9. The molecule has 1 unspecified atom stereocenters. The van der Waals surface area contributed by atoms with Crippen molar-refractivity contribution in [1.82, 2.24) is 19.6 Å². The van der Waals surface area contributed by atoms with Gasteiger partial charge in [-0.05, 0) is 6.42 Å². The summed E-state index contributed by atoms with van der Waals surface area (Å²) in [6, 6.07) is 0.155. The number of oxazole rings is 1. The predicted octanol–water partition coefficient (Wildman–Crippen LogP) is 4.04. The SMILES string of the molecule is CCCSNC1CC2=C(c3nc(C(F)(F)F)co3)CN=C(c3nccs3)N2C1. The molecular formula is C17H18F3N5OS2. The van der Waals surface area contributed by atoms with Crippen LogP contribution < -0.4 is 4.72 Å². The molecule has 0 saturated carbocycles. The van der Waals surface area contributed by atoms with Gasteiger partial charge in [-0.1, -0.05) is 18.9 Å². The van der Waals surface area contributed by atoms with Crippen LogP contribution in [0.2, 0.25) is 0 Å². The fourth-order valence-electron chi connectivity index (χ4n) is 3.18. The molecule has 4 heterocycles. The van der Waals surface area contributed by atoms with Gasteiger partial charge in [-0.15, -0.1) is 11.3 Å². The highest BCUT2D eigenvalue weighted by atomic mass is 32.2. The summed E-state index contributed by atoms with van der Waals surface area (Å²) in [7, 11) is 0. The molecule has 11 heteroatoms. The molecule has 1 saturated heterocycles. The molecule has 2 aromatic rings. The number of thiazole rings is 1. The van der Waals surface area contributed by atoms with E-state index in [2.05, 4.69) is 26.6 Å². The molecule has 0 amide bonds. The first-order valence-electron chi connectivity index (χ1n) is 8.81. The number of hydrogen-bond acceptors (Lipinski definition) is 8. The fraction of sp³-hybridized carbons (Fsp3) is 0.471. The second-order valence-electron chi connectivity index (χ2n) is 6.42. The highest BCUT2D eigenvalue weighted by Gasteiger charge is 2.39. The highest BCUT2D eigenvalue weighted by Crippen LogP contribution is 2.37. The highest BCUT2D eigenvalue weighted by molar-refractivity contribution is 7.97. The summed E-state index contributed by atoms with van der Waals surface area (Å²) in [6.45, 7) is 3.00. The van der Waals surface area contributed by atoms with Crippen LogP contribution in [0.25, 0.3) is 5.57 Å². The zero-order valence-corrected chi connectivity index (χ0v) is 16.6. The van der Waals surface area contributed by atoms with E-state index in [0.29, 0.717) is 24.8 Å². The Balaban J connectivity index is 1.65. The molecule has 1 atom stereocenters. The van der Waals surface area contributed by atoms with E-state index in [4.69, 9.17) is 4.42 Å². The van der Waals surface area contributed by atoms with Gasteiger partial charge in [-0.2, -0.15) is 13.2 Å². The molecule has 0 radical (unpaired) electrons. The summed E-state index contributed by atoms with van der Waals surface area (Å²) in [5.74, 6) is 1.72. The average molecular weight is 429 g/mol. The smallest absolute Gasteiger partial charge is 0.436 e. The molecule has 2 aliphatic heterocycles. The normalized spacial score (nSPS) is 19.9. The van der Waals surface area contributed by atoms with E-state index >= 15 is 0 Å². The topological polar surface area (TPSA) is 66.5 Å². The van der Waals surface area contributed by atoms with Crippen molar-refractivity contribution in [2.45, 2.75) is 32.0 Å². The number of nitrogens with one attached hydrogen (secondary N) is 1. The number of amidine groups is 1. The van der Waals surface area contributed by atoms with Gasteiger partial charge in [-0.3, -0.25) is 9.71 Å². The van der Waals surface area contributed by atoms with E-state index in [1.165, 1.54) is 11.3 Å². The predicted molar refractivity (Wildman–Crippen MR) is 103 cm³/mol. The second-order valence-corrected chi connectivity index (χ2v) is 8.24. The first kappa shape index (κ1) is 19.5. The van der Waals surface area contributed by atoms with E-state index in [1.54, 1.807) is 18.1 Å². The Morgan fingerprint density at radius 3 is 2.96 bits per heavy atom. The lowest BCUT2D eigenvalue weighted by molar-refractivity contribution is -0.141. The van der Waals surface area contributed by atoms with Crippen molar-refractivity contribution in [3.63, 3.8) is 0 Å². The Bertz CT molecular complexity index is 891. The number of rotatable bonds is 6. The molecular weight excluding hydrogens is 411 g/mol. The molecule has 1 fully saturated rings. The van der Waals surface area contributed by atoms with Crippen molar-refractivity contribution < 1.29 is 17.6 Å². The summed E-state index contributed by atoms with van der Waals surface area (Å²) < 4.78 is 47.4. The summed E-state index contributed by atoms with van der Waals surface area (Å²) in [6.07, 6.45) is -0.430. The van der Waals surface area contributed by atoms with Crippen molar-refractivity contribution in [2.75, 3.05) is 18.8 Å². The van der Waals surface area contributed by atoms with Crippen molar-refractivity contribution in [3.8, 4) is 0 Å². The van der Waals surface area contributed by atoms with Crippen molar-refractivity contribution in [3.05, 3.63) is 40.1 Å². The summed E-state index contributed by atoms with van der Waals surface area (Å²) >= 11 is 3.15. The summed E-state index contributed by atoms with van der Waals surface area (Å²) in [4.78, 5) is 14.6. The molecule has 6 nitrogen and oxygen atoms in total. The van der Waals surface area contributed by atoms with Gasteiger partial charge in [0.1, 0.15) is 6.26 Å². The molecule has 0 spiro atoms. The molecule has 28 heavy (non-hydrogen) atoms. The van der Waals surface area contributed by atoms with Crippen molar-refractivity contribution >= 4 is 34.7 Å².